The summed E-state index contributed by atoms with van der Waals surface area (Å²) in [5.74, 6) is 1.10. The van der Waals surface area contributed by atoms with Crippen LogP contribution >= 0.6 is 11.8 Å². The number of hydrogen-bond donors (Lipinski definition) is 2. The van der Waals surface area contributed by atoms with Gasteiger partial charge in [-0.1, -0.05) is 18.2 Å². The fourth-order valence-electron chi connectivity index (χ4n) is 1.65. The number of aryl methyl sites for hydroxylation is 1. The molecule has 0 radical (unpaired) electrons. The zero-order chi connectivity index (χ0) is 12.7. The molecule has 1 aromatic rings. The van der Waals surface area contributed by atoms with Crippen LogP contribution < -0.4 is 5.32 Å². The zero-order valence-corrected chi connectivity index (χ0v) is 11.8. The minimum Gasteiger partial charge on any atom is -0.394 e. The maximum atomic E-state index is 9.28. The van der Waals surface area contributed by atoms with Crippen LogP contribution in [0.5, 0.6) is 0 Å². The van der Waals surface area contributed by atoms with Crippen LogP contribution in [0.25, 0.3) is 0 Å². The Kier molecular flexibility index (Phi) is 6.03. The highest BCUT2D eigenvalue weighted by Crippen LogP contribution is 2.24. The molecule has 17 heavy (non-hydrogen) atoms. The van der Waals surface area contributed by atoms with Gasteiger partial charge in [-0.3, -0.25) is 0 Å². The number of thioether (sulfide) groups is 1. The van der Waals surface area contributed by atoms with E-state index in [1.54, 1.807) is 0 Å². The molecule has 1 unspecified atom stereocenters. The van der Waals surface area contributed by atoms with Crippen LogP contribution in [-0.4, -0.2) is 30.1 Å². The van der Waals surface area contributed by atoms with Crippen LogP contribution in [0, 0.1) is 6.92 Å². The molecule has 0 amide bonds. The third kappa shape index (κ3) is 4.70. The molecule has 1 rings (SSSR count). The Balaban J connectivity index is 2.32. The number of nitrogens with one attached hydrogen (secondary N) is 1. The predicted octanol–water partition coefficient (Wildman–Crippen LogP) is 2.84. The lowest BCUT2D eigenvalue weighted by Crippen LogP contribution is -2.43. The first-order valence-corrected chi connectivity index (χ1v) is 7.08. The number of hydrogen-bond acceptors (Lipinski definition) is 3. The normalized spacial score (nSPS) is 14.6. The van der Waals surface area contributed by atoms with E-state index >= 15 is 0 Å². The molecule has 96 valence electrons. The molecule has 0 saturated carbocycles. The summed E-state index contributed by atoms with van der Waals surface area (Å²) in [6.45, 7) is 4.40. The molecule has 0 bridgehead atoms. The van der Waals surface area contributed by atoms with Gasteiger partial charge in [-0.2, -0.15) is 0 Å². The van der Waals surface area contributed by atoms with Crippen molar-refractivity contribution in [2.24, 2.45) is 0 Å². The summed E-state index contributed by atoms with van der Waals surface area (Å²) in [5.41, 5.74) is 1.21. The second-order valence-corrected chi connectivity index (χ2v) is 5.82. The highest BCUT2D eigenvalue weighted by Gasteiger charge is 2.19. The van der Waals surface area contributed by atoms with E-state index in [0.29, 0.717) is 0 Å². The predicted molar refractivity (Wildman–Crippen MR) is 75.7 cm³/mol. The molecule has 3 heteroatoms. The highest BCUT2D eigenvalue weighted by atomic mass is 32.2. The quantitative estimate of drug-likeness (QED) is 0.579. The maximum absolute atomic E-state index is 9.28. The van der Waals surface area contributed by atoms with Gasteiger partial charge in [-0.25, -0.2) is 0 Å². The van der Waals surface area contributed by atoms with Gasteiger partial charge in [0.05, 0.1) is 6.61 Å². The molecule has 0 aliphatic rings. The zero-order valence-electron chi connectivity index (χ0n) is 11.0. The van der Waals surface area contributed by atoms with Gasteiger partial charge >= 0.3 is 0 Å². The first-order valence-electron chi connectivity index (χ1n) is 6.09. The number of aliphatic hydroxyl groups is 1. The number of benzene rings is 1. The molecule has 0 fully saturated rings. The van der Waals surface area contributed by atoms with Gasteiger partial charge < -0.3 is 10.4 Å². The Bertz CT molecular complexity index is 337. The minimum absolute atomic E-state index is 0.133. The summed E-state index contributed by atoms with van der Waals surface area (Å²) < 4.78 is 0. The van der Waals surface area contributed by atoms with Gasteiger partial charge in [-0.05, 0) is 51.1 Å². The third-order valence-corrected chi connectivity index (χ3v) is 4.44. The van der Waals surface area contributed by atoms with Gasteiger partial charge in [-0.15, -0.1) is 11.8 Å². The molecule has 2 nitrogen and oxygen atoms in total. The van der Waals surface area contributed by atoms with Crippen LogP contribution in [-0.2, 0) is 0 Å². The molecule has 0 heterocycles. The van der Waals surface area contributed by atoms with Crippen molar-refractivity contribution in [2.75, 3.05) is 19.4 Å². The Morgan fingerprint density at radius 3 is 2.65 bits per heavy atom. The van der Waals surface area contributed by atoms with E-state index in [0.717, 1.165) is 18.6 Å². The molecule has 1 atom stereocenters. The van der Waals surface area contributed by atoms with E-state index in [1.807, 2.05) is 18.8 Å². The molecular formula is C14H23NOS. The molecule has 0 spiro atoms. The summed E-state index contributed by atoms with van der Waals surface area (Å²) in [6.07, 6.45) is 2.11. The van der Waals surface area contributed by atoms with E-state index in [9.17, 15) is 5.11 Å². The van der Waals surface area contributed by atoms with Crippen molar-refractivity contribution in [3.63, 3.8) is 0 Å². The van der Waals surface area contributed by atoms with Gasteiger partial charge in [0.15, 0.2) is 0 Å². The van der Waals surface area contributed by atoms with Crippen molar-refractivity contribution >= 4 is 11.8 Å². The Hall–Kier alpha value is -0.510. The van der Waals surface area contributed by atoms with Crippen LogP contribution in [0.4, 0.5) is 0 Å². The van der Waals surface area contributed by atoms with Crippen molar-refractivity contribution < 1.29 is 5.11 Å². The standard InChI is InChI=1S/C14H23NOS/c1-12-7-4-5-8-13(12)17-10-6-9-14(2,11-16)15-3/h4-5,7-8,15-16H,6,9-11H2,1-3H3. The van der Waals surface area contributed by atoms with Gasteiger partial charge in [0.1, 0.15) is 0 Å². The number of rotatable bonds is 7. The van der Waals surface area contributed by atoms with E-state index in [-0.39, 0.29) is 12.1 Å². The van der Waals surface area contributed by atoms with Crippen molar-refractivity contribution in [3.05, 3.63) is 29.8 Å². The van der Waals surface area contributed by atoms with Crippen LogP contribution in [0.15, 0.2) is 29.2 Å². The van der Waals surface area contributed by atoms with E-state index in [2.05, 4.69) is 43.4 Å². The average Bonchev–Trinajstić information content (AvgIpc) is 2.36. The molecule has 0 saturated heterocycles. The monoisotopic (exact) mass is 253 g/mol. The lowest BCUT2D eigenvalue weighted by Gasteiger charge is -2.26. The summed E-state index contributed by atoms with van der Waals surface area (Å²) >= 11 is 1.90. The summed E-state index contributed by atoms with van der Waals surface area (Å²) in [4.78, 5) is 1.36. The van der Waals surface area contributed by atoms with Crippen LogP contribution in [0.1, 0.15) is 25.3 Å². The first-order chi connectivity index (χ1) is 8.11. The van der Waals surface area contributed by atoms with E-state index < -0.39 is 0 Å². The molecule has 0 aromatic heterocycles. The lowest BCUT2D eigenvalue weighted by atomic mass is 9.98. The minimum atomic E-state index is -0.133. The summed E-state index contributed by atoms with van der Waals surface area (Å²) in [6, 6.07) is 8.47. The van der Waals surface area contributed by atoms with Crippen molar-refractivity contribution in [3.8, 4) is 0 Å². The molecule has 0 aliphatic heterocycles. The fourth-order valence-corrected chi connectivity index (χ4v) is 2.63. The van der Waals surface area contributed by atoms with Crippen LogP contribution in [0.3, 0.4) is 0 Å². The van der Waals surface area contributed by atoms with Crippen LogP contribution in [0.2, 0.25) is 0 Å². The average molecular weight is 253 g/mol. The van der Waals surface area contributed by atoms with E-state index in [1.165, 1.54) is 10.5 Å². The van der Waals surface area contributed by atoms with Crippen molar-refractivity contribution in [1.29, 1.82) is 0 Å². The molecule has 0 aliphatic carbocycles. The second kappa shape index (κ2) is 7.04. The first kappa shape index (κ1) is 14.6. The smallest absolute Gasteiger partial charge is 0.0610 e. The summed E-state index contributed by atoms with van der Waals surface area (Å²) in [5, 5.41) is 12.5. The highest BCUT2D eigenvalue weighted by molar-refractivity contribution is 7.99. The van der Waals surface area contributed by atoms with Crippen molar-refractivity contribution in [1.82, 2.24) is 5.32 Å². The molecule has 2 N–H and O–H groups in total. The Morgan fingerprint density at radius 1 is 1.35 bits per heavy atom. The molecule has 1 aromatic carbocycles. The third-order valence-electron chi connectivity index (χ3n) is 3.18. The van der Waals surface area contributed by atoms with Crippen molar-refractivity contribution in [2.45, 2.75) is 37.1 Å². The fraction of sp³-hybridized carbons (Fsp3) is 0.571. The summed E-state index contributed by atoms with van der Waals surface area (Å²) in [7, 11) is 1.91. The largest absolute Gasteiger partial charge is 0.394 e. The topological polar surface area (TPSA) is 32.3 Å². The van der Waals surface area contributed by atoms with Gasteiger partial charge in [0.25, 0.3) is 0 Å². The van der Waals surface area contributed by atoms with Gasteiger partial charge in [0, 0.05) is 10.4 Å². The maximum Gasteiger partial charge on any atom is 0.0610 e. The number of aliphatic hydroxyl groups excluding tert-OH is 1. The molecular weight excluding hydrogens is 230 g/mol. The van der Waals surface area contributed by atoms with Gasteiger partial charge in [0.2, 0.25) is 0 Å². The lowest BCUT2D eigenvalue weighted by molar-refractivity contribution is 0.173. The van der Waals surface area contributed by atoms with E-state index in [4.69, 9.17) is 0 Å². The number of likely N-dealkylation sites (N-methyl/N-ethyl adjacent to an activating group) is 1. The SMILES string of the molecule is CNC(C)(CO)CCCSc1ccccc1C. The Labute approximate surface area is 109 Å². The Morgan fingerprint density at radius 2 is 2.06 bits per heavy atom. The second-order valence-electron chi connectivity index (χ2n) is 4.69.